The number of piperidine rings is 1. The SMILES string of the molecule is CCOc1ccc(C(c2sc3nc(C)nn3c2O)N2CCC(C(=O)OC)CC2)cc1OC. The maximum atomic E-state index is 12.0. The lowest BCUT2D eigenvalue weighted by Gasteiger charge is -2.36. The molecule has 3 heterocycles. The monoisotopic (exact) mass is 460 g/mol. The van der Waals surface area contributed by atoms with Gasteiger partial charge >= 0.3 is 5.97 Å². The molecule has 10 heteroatoms. The predicted molar refractivity (Wildman–Crippen MR) is 120 cm³/mol. The number of hydrogen-bond acceptors (Lipinski definition) is 9. The van der Waals surface area contributed by atoms with Gasteiger partial charge in [0.05, 0.1) is 37.7 Å². The van der Waals surface area contributed by atoms with E-state index in [-0.39, 0.29) is 23.8 Å². The first kappa shape index (κ1) is 22.3. The van der Waals surface area contributed by atoms with Crippen molar-refractivity contribution >= 4 is 22.3 Å². The Morgan fingerprint density at radius 3 is 2.66 bits per heavy atom. The van der Waals surface area contributed by atoms with Crippen LogP contribution in [0.15, 0.2) is 18.2 Å². The number of rotatable bonds is 7. The van der Waals surface area contributed by atoms with E-state index in [1.807, 2.05) is 25.1 Å². The summed E-state index contributed by atoms with van der Waals surface area (Å²) >= 11 is 1.41. The first-order valence-electron chi connectivity index (χ1n) is 10.6. The predicted octanol–water partition coefficient (Wildman–Crippen LogP) is 3.19. The molecule has 1 aliphatic heterocycles. The van der Waals surface area contributed by atoms with Crippen LogP contribution < -0.4 is 9.47 Å². The molecule has 172 valence electrons. The Morgan fingerprint density at radius 1 is 1.28 bits per heavy atom. The van der Waals surface area contributed by atoms with Gasteiger partial charge in [0, 0.05) is 0 Å². The van der Waals surface area contributed by atoms with Crippen molar-refractivity contribution in [1.82, 2.24) is 19.5 Å². The van der Waals surface area contributed by atoms with Crippen molar-refractivity contribution < 1.29 is 24.1 Å². The Labute approximate surface area is 190 Å². The van der Waals surface area contributed by atoms with Crippen molar-refractivity contribution in [2.45, 2.75) is 32.7 Å². The number of nitrogens with zero attached hydrogens (tertiary/aromatic N) is 4. The van der Waals surface area contributed by atoms with Crippen molar-refractivity contribution in [2.24, 2.45) is 5.92 Å². The van der Waals surface area contributed by atoms with Crippen LogP contribution in [0.5, 0.6) is 17.4 Å². The highest BCUT2D eigenvalue weighted by Crippen LogP contribution is 2.43. The molecule has 3 aromatic rings. The topological polar surface area (TPSA) is 98.4 Å². The summed E-state index contributed by atoms with van der Waals surface area (Å²) in [6.07, 6.45) is 1.38. The quantitative estimate of drug-likeness (QED) is 0.537. The molecule has 1 saturated heterocycles. The maximum Gasteiger partial charge on any atom is 0.308 e. The number of aromatic hydroxyl groups is 1. The molecule has 0 saturated carbocycles. The lowest BCUT2D eigenvalue weighted by Crippen LogP contribution is -2.39. The van der Waals surface area contributed by atoms with E-state index in [1.165, 1.54) is 23.0 Å². The van der Waals surface area contributed by atoms with Crippen molar-refractivity contribution in [3.8, 4) is 17.4 Å². The number of carbonyl (C=O) groups is 1. The second-order valence-corrected chi connectivity index (χ2v) is 8.73. The number of methoxy groups -OCH3 is 2. The smallest absolute Gasteiger partial charge is 0.308 e. The number of aryl methyl sites for hydroxylation is 1. The molecule has 32 heavy (non-hydrogen) atoms. The molecule has 1 aliphatic rings. The van der Waals surface area contributed by atoms with Gasteiger partial charge in [-0.25, -0.2) is 4.98 Å². The minimum absolute atomic E-state index is 0.0820. The summed E-state index contributed by atoms with van der Waals surface area (Å²) in [6, 6.07) is 5.59. The average molecular weight is 461 g/mol. The van der Waals surface area contributed by atoms with E-state index in [0.717, 1.165) is 10.4 Å². The van der Waals surface area contributed by atoms with Gasteiger partial charge in [-0.05, 0) is 57.5 Å². The summed E-state index contributed by atoms with van der Waals surface area (Å²) in [5.41, 5.74) is 0.957. The molecular weight excluding hydrogens is 432 g/mol. The van der Waals surface area contributed by atoms with Gasteiger partial charge in [0.25, 0.3) is 0 Å². The van der Waals surface area contributed by atoms with E-state index in [9.17, 15) is 9.90 Å². The fraction of sp³-hybridized carbons (Fsp3) is 0.500. The molecule has 1 fully saturated rings. The van der Waals surface area contributed by atoms with Crippen molar-refractivity contribution in [1.29, 1.82) is 0 Å². The summed E-state index contributed by atoms with van der Waals surface area (Å²) in [5.74, 6) is 1.72. The van der Waals surface area contributed by atoms with Gasteiger partial charge in [-0.15, -0.1) is 5.10 Å². The number of fused-ring (bicyclic) bond motifs is 1. The van der Waals surface area contributed by atoms with Gasteiger partial charge in [-0.1, -0.05) is 17.4 Å². The zero-order valence-electron chi connectivity index (χ0n) is 18.7. The van der Waals surface area contributed by atoms with Crippen LogP contribution in [0.2, 0.25) is 0 Å². The van der Waals surface area contributed by atoms with Crippen LogP contribution in [0.1, 0.15) is 42.1 Å². The molecular formula is C22H28N4O5S. The third-order valence-electron chi connectivity index (χ3n) is 5.79. The molecule has 4 rings (SSSR count). The minimum atomic E-state index is -0.244. The molecule has 1 aromatic carbocycles. The summed E-state index contributed by atoms with van der Waals surface area (Å²) in [7, 11) is 3.04. The van der Waals surface area contributed by atoms with Crippen LogP contribution in [0.25, 0.3) is 4.96 Å². The first-order valence-corrected chi connectivity index (χ1v) is 11.5. The number of likely N-dealkylation sites (tertiary alicyclic amines) is 1. The number of esters is 1. The van der Waals surface area contributed by atoms with E-state index in [0.29, 0.717) is 54.8 Å². The third-order valence-corrected chi connectivity index (χ3v) is 6.86. The Hall–Kier alpha value is -2.85. The number of thiazole rings is 1. The fourth-order valence-corrected chi connectivity index (χ4v) is 5.41. The molecule has 9 nitrogen and oxygen atoms in total. The average Bonchev–Trinajstić information content (AvgIpc) is 3.31. The normalized spacial score (nSPS) is 16.2. The molecule has 1 atom stereocenters. The lowest BCUT2D eigenvalue weighted by molar-refractivity contribution is -0.147. The van der Waals surface area contributed by atoms with Crippen molar-refractivity contribution in [3.05, 3.63) is 34.5 Å². The number of benzene rings is 1. The van der Waals surface area contributed by atoms with Gasteiger partial charge in [-0.2, -0.15) is 4.52 Å². The Kier molecular flexibility index (Phi) is 6.52. The fourth-order valence-electron chi connectivity index (χ4n) is 4.24. The van der Waals surface area contributed by atoms with E-state index in [2.05, 4.69) is 15.0 Å². The van der Waals surface area contributed by atoms with E-state index in [1.54, 1.807) is 14.0 Å². The largest absolute Gasteiger partial charge is 0.493 e. The molecule has 0 spiro atoms. The van der Waals surface area contributed by atoms with E-state index in [4.69, 9.17) is 14.2 Å². The number of hydrogen-bond donors (Lipinski definition) is 1. The van der Waals surface area contributed by atoms with Crippen molar-refractivity contribution in [3.63, 3.8) is 0 Å². The highest BCUT2D eigenvalue weighted by atomic mass is 32.1. The third kappa shape index (κ3) is 4.12. The molecule has 0 aliphatic carbocycles. The minimum Gasteiger partial charge on any atom is -0.493 e. The zero-order valence-corrected chi connectivity index (χ0v) is 19.5. The first-order chi connectivity index (χ1) is 15.5. The Morgan fingerprint density at radius 2 is 2.03 bits per heavy atom. The van der Waals surface area contributed by atoms with Gasteiger partial charge < -0.3 is 19.3 Å². The highest BCUT2D eigenvalue weighted by molar-refractivity contribution is 7.17. The van der Waals surface area contributed by atoms with Gasteiger partial charge in [0.1, 0.15) is 5.82 Å². The van der Waals surface area contributed by atoms with E-state index < -0.39 is 0 Å². The molecule has 2 aromatic heterocycles. The maximum absolute atomic E-state index is 12.0. The second-order valence-electron chi connectivity index (χ2n) is 7.72. The summed E-state index contributed by atoms with van der Waals surface area (Å²) in [6.45, 7) is 5.63. The van der Waals surface area contributed by atoms with E-state index >= 15 is 0 Å². The standard InChI is InChI=1S/C22H28N4O5S/c1-5-31-16-7-6-15(12-17(16)29-3)18(25-10-8-14(9-11-25)21(28)30-4)19-20(27)26-22(32-19)23-13(2)24-26/h6-7,12,14,18,27H,5,8-11H2,1-4H3. The molecule has 0 radical (unpaired) electrons. The number of ether oxygens (including phenoxy) is 3. The summed E-state index contributed by atoms with van der Waals surface area (Å²) in [4.78, 5) is 20.1. The Balaban J connectivity index is 1.74. The van der Waals surface area contributed by atoms with Crippen LogP contribution in [0.4, 0.5) is 0 Å². The van der Waals surface area contributed by atoms with Gasteiger partial charge in [0.15, 0.2) is 11.5 Å². The number of carbonyl (C=O) groups excluding carboxylic acids is 1. The lowest BCUT2D eigenvalue weighted by atomic mass is 9.93. The van der Waals surface area contributed by atoms with Crippen LogP contribution in [0.3, 0.4) is 0 Å². The molecule has 1 unspecified atom stereocenters. The van der Waals surface area contributed by atoms with Crippen LogP contribution >= 0.6 is 11.3 Å². The Bertz CT molecular complexity index is 1100. The van der Waals surface area contributed by atoms with Crippen LogP contribution in [-0.2, 0) is 9.53 Å². The molecule has 0 amide bonds. The molecule has 1 N–H and O–H groups in total. The second kappa shape index (κ2) is 9.33. The van der Waals surface area contributed by atoms with Gasteiger partial charge in [0.2, 0.25) is 10.8 Å². The van der Waals surface area contributed by atoms with Crippen molar-refractivity contribution in [2.75, 3.05) is 33.9 Å². The summed E-state index contributed by atoms with van der Waals surface area (Å²) in [5, 5.41) is 15.3. The summed E-state index contributed by atoms with van der Waals surface area (Å²) < 4.78 is 17.7. The van der Waals surface area contributed by atoms with Crippen LogP contribution in [-0.4, -0.2) is 64.5 Å². The zero-order chi connectivity index (χ0) is 22.8. The number of aromatic nitrogens is 3. The van der Waals surface area contributed by atoms with Crippen LogP contribution in [0, 0.1) is 12.8 Å². The van der Waals surface area contributed by atoms with Gasteiger partial charge in [-0.3, -0.25) is 9.69 Å². The highest BCUT2D eigenvalue weighted by Gasteiger charge is 2.34. The molecule has 0 bridgehead atoms.